The molecule has 202 valence electrons. The highest BCUT2D eigenvalue weighted by Crippen LogP contribution is 2.35. The predicted molar refractivity (Wildman–Crippen MR) is 165 cm³/mol. The Kier molecular flexibility index (Phi) is 10.2. The van der Waals surface area contributed by atoms with Gasteiger partial charge in [0.2, 0.25) is 0 Å². The minimum Gasteiger partial charge on any atom is -0.490 e. The molecule has 0 fully saturated rings. The molecule has 4 aromatic rings. The van der Waals surface area contributed by atoms with Gasteiger partial charge in [-0.2, -0.15) is 5.26 Å². The van der Waals surface area contributed by atoms with Gasteiger partial charge in [0.1, 0.15) is 30.6 Å². The van der Waals surface area contributed by atoms with Crippen LogP contribution in [0.4, 0.5) is 5.69 Å². The summed E-state index contributed by atoms with van der Waals surface area (Å²) in [6.07, 6.45) is 1.54. The third-order valence-corrected chi connectivity index (χ3v) is 6.67. The van der Waals surface area contributed by atoms with Gasteiger partial charge in [-0.15, -0.1) is 0 Å². The maximum Gasteiger partial charge on any atom is 0.266 e. The molecule has 0 saturated carbocycles. The smallest absolute Gasteiger partial charge is 0.266 e. The van der Waals surface area contributed by atoms with Crippen LogP contribution >= 0.6 is 22.6 Å². The van der Waals surface area contributed by atoms with Crippen LogP contribution < -0.4 is 19.5 Å². The molecule has 4 aromatic carbocycles. The summed E-state index contributed by atoms with van der Waals surface area (Å²) in [6.45, 7) is 5.23. The largest absolute Gasteiger partial charge is 0.490 e. The number of carbonyl (C=O) groups excluding carboxylic acids is 1. The van der Waals surface area contributed by atoms with E-state index in [1.807, 2.05) is 80.6 Å². The van der Waals surface area contributed by atoms with Crippen molar-refractivity contribution in [2.24, 2.45) is 0 Å². The van der Waals surface area contributed by atoms with Crippen molar-refractivity contribution >= 4 is 40.3 Å². The monoisotopic (exact) mass is 644 g/mol. The number of anilines is 1. The van der Waals surface area contributed by atoms with Crippen molar-refractivity contribution in [2.75, 3.05) is 11.9 Å². The Morgan fingerprint density at radius 1 is 0.900 bits per heavy atom. The molecule has 0 aliphatic heterocycles. The number of nitrogens with one attached hydrogen (secondary N) is 1. The van der Waals surface area contributed by atoms with Crippen LogP contribution in [0, 0.1) is 21.8 Å². The van der Waals surface area contributed by atoms with Crippen LogP contribution in [0.25, 0.3) is 6.08 Å². The van der Waals surface area contributed by atoms with Crippen LogP contribution in [0.5, 0.6) is 17.2 Å². The second-order valence-electron chi connectivity index (χ2n) is 8.96. The Morgan fingerprint density at radius 2 is 1.57 bits per heavy atom. The van der Waals surface area contributed by atoms with Crippen molar-refractivity contribution in [3.63, 3.8) is 0 Å². The number of benzene rings is 4. The number of aryl methyl sites for hydroxylation is 1. The number of carbonyl (C=O) groups is 1. The maximum absolute atomic E-state index is 12.9. The van der Waals surface area contributed by atoms with E-state index in [4.69, 9.17) is 14.2 Å². The van der Waals surface area contributed by atoms with Gasteiger partial charge in [-0.05, 0) is 95.6 Å². The van der Waals surface area contributed by atoms with E-state index >= 15 is 0 Å². The highest BCUT2D eigenvalue weighted by molar-refractivity contribution is 14.1. The molecule has 0 bridgehead atoms. The van der Waals surface area contributed by atoms with E-state index in [1.165, 1.54) is 5.56 Å². The molecular weight excluding hydrogens is 615 g/mol. The second kappa shape index (κ2) is 14.2. The minimum atomic E-state index is -0.506. The van der Waals surface area contributed by atoms with Gasteiger partial charge in [-0.1, -0.05) is 60.2 Å². The molecule has 0 radical (unpaired) electrons. The quantitative estimate of drug-likeness (QED) is 0.103. The van der Waals surface area contributed by atoms with Gasteiger partial charge in [-0.3, -0.25) is 4.79 Å². The van der Waals surface area contributed by atoms with Crippen LogP contribution in [0.3, 0.4) is 0 Å². The zero-order valence-corrected chi connectivity index (χ0v) is 24.5. The SMILES string of the molecule is CCOc1cc(/C=C(\C#N)C(=O)Nc2ccc(OCc3ccccc3)cc2)cc(I)c1OCc1ccc(C)cc1. The van der Waals surface area contributed by atoms with Crippen molar-refractivity contribution in [1.82, 2.24) is 0 Å². The van der Waals surface area contributed by atoms with E-state index in [-0.39, 0.29) is 5.57 Å². The number of nitrogens with zero attached hydrogens (tertiary/aromatic N) is 1. The van der Waals surface area contributed by atoms with Gasteiger partial charge in [0.25, 0.3) is 5.91 Å². The fraction of sp³-hybridized carbons (Fsp3) is 0.152. The van der Waals surface area contributed by atoms with E-state index in [1.54, 1.807) is 36.4 Å². The van der Waals surface area contributed by atoms with E-state index in [0.29, 0.717) is 48.3 Å². The summed E-state index contributed by atoms with van der Waals surface area (Å²) >= 11 is 2.18. The Bertz CT molecular complexity index is 1510. The minimum absolute atomic E-state index is 0.0315. The maximum atomic E-state index is 12.9. The summed E-state index contributed by atoms with van der Waals surface area (Å²) in [7, 11) is 0. The lowest BCUT2D eigenvalue weighted by Crippen LogP contribution is -2.13. The van der Waals surface area contributed by atoms with E-state index < -0.39 is 5.91 Å². The molecule has 6 nitrogen and oxygen atoms in total. The molecule has 0 aromatic heterocycles. The Balaban J connectivity index is 1.44. The molecule has 0 spiro atoms. The Morgan fingerprint density at radius 3 is 2.25 bits per heavy atom. The summed E-state index contributed by atoms with van der Waals surface area (Å²) < 4.78 is 18.6. The fourth-order valence-corrected chi connectivity index (χ4v) is 4.58. The summed E-state index contributed by atoms with van der Waals surface area (Å²) in [5.74, 6) is 1.35. The number of nitriles is 1. The zero-order valence-electron chi connectivity index (χ0n) is 22.3. The van der Waals surface area contributed by atoms with Gasteiger partial charge < -0.3 is 19.5 Å². The number of hydrogen-bond donors (Lipinski definition) is 1. The lowest BCUT2D eigenvalue weighted by molar-refractivity contribution is -0.112. The average molecular weight is 645 g/mol. The summed E-state index contributed by atoms with van der Waals surface area (Å²) in [5, 5.41) is 12.5. The third-order valence-electron chi connectivity index (χ3n) is 5.87. The zero-order chi connectivity index (χ0) is 28.3. The molecule has 1 N–H and O–H groups in total. The first-order valence-electron chi connectivity index (χ1n) is 12.8. The molecule has 7 heteroatoms. The lowest BCUT2D eigenvalue weighted by atomic mass is 10.1. The third kappa shape index (κ3) is 8.10. The van der Waals surface area contributed by atoms with Crippen LogP contribution in [-0.4, -0.2) is 12.5 Å². The fourth-order valence-electron chi connectivity index (χ4n) is 3.80. The van der Waals surface area contributed by atoms with Gasteiger partial charge in [0, 0.05) is 5.69 Å². The van der Waals surface area contributed by atoms with Crippen LogP contribution in [0.15, 0.2) is 96.6 Å². The molecule has 0 atom stereocenters. The van der Waals surface area contributed by atoms with Crippen LogP contribution in [-0.2, 0) is 18.0 Å². The second-order valence-corrected chi connectivity index (χ2v) is 10.1. The standard InChI is InChI=1S/C33H29IN2O4/c1-3-38-31-19-26(18-30(34)32(31)40-22-25-11-9-23(2)10-12-25)17-27(20-35)33(37)36-28-13-15-29(16-14-28)39-21-24-7-5-4-6-8-24/h4-19H,3,21-22H2,1-2H3,(H,36,37)/b27-17+. The molecule has 0 aliphatic carbocycles. The summed E-state index contributed by atoms with van der Waals surface area (Å²) in [4.78, 5) is 12.9. The molecular formula is C33H29IN2O4. The van der Waals surface area contributed by atoms with E-state index in [0.717, 1.165) is 14.7 Å². The lowest BCUT2D eigenvalue weighted by Gasteiger charge is -2.15. The highest BCUT2D eigenvalue weighted by Gasteiger charge is 2.15. The number of hydrogen-bond acceptors (Lipinski definition) is 5. The number of amides is 1. The van der Waals surface area contributed by atoms with Crippen molar-refractivity contribution in [1.29, 1.82) is 5.26 Å². The predicted octanol–water partition coefficient (Wildman–Crippen LogP) is 7.70. The molecule has 0 aliphatic rings. The van der Waals surface area contributed by atoms with Crippen LogP contribution in [0.2, 0.25) is 0 Å². The van der Waals surface area contributed by atoms with E-state index in [2.05, 4.69) is 27.9 Å². The first-order valence-corrected chi connectivity index (χ1v) is 13.9. The van der Waals surface area contributed by atoms with Crippen LogP contribution in [0.1, 0.15) is 29.2 Å². The Hall–Kier alpha value is -4.29. The van der Waals surface area contributed by atoms with Crippen molar-refractivity contribution < 1.29 is 19.0 Å². The molecule has 4 rings (SSSR count). The topological polar surface area (TPSA) is 80.6 Å². The van der Waals surface area contributed by atoms with Crippen molar-refractivity contribution in [3.8, 4) is 23.3 Å². The molecule has 0 saturated heterocycles. The first-order chi connectivity index (χ1) is 19.4. The number of halogens is 1. The van der Waals surface area contributed by atoms with Gasteiger partial charge >= 0.3 is 0 Å². The van der Waals surface area contributed by atoms with E-state index in [9.17, 15) is 10.1 Å². The molecule has 40 heavy (non-hydrogen) atoms. The van der Waals surface area contributed by atoms with Gasteiger partial charge in [-0.25, -0.2) is 0 Å². The normalized spacial score (nSPS) is 10.9. The average Bonchev–Trinajstić information content (AvgIpc) is 2.96. The highest BCUT2D eigenvalue weighted by atomic mass is 127. The Labute approximate surface area is 248 Å². The van der Waals surface area contributed by atoms with Gasteiger partial charge in [0.15, 0.2) is 11.5 Å². The molecule has 0 unspecified atom stereocenters. The number of rotatable bonds is 11. The number of ether oxygens (including phenoxy) is 3. The molecule has 1 amide bonds. The summed E-state index contributed by atoms with van der Waals surface area (Å²) in [5.41, 5.74) is 4.49. The summed E-state index contributed by atoms with van der Waals surface area (Å²) in [6, 6.07) is 30.7. The van der Waals surface area contributed by atoms with Crippen molar-refractivity contribution in [2.45, 2.75) is 27.1 Å². The molecule has 0 heterocycles. The van der Waals surface area contributed by atoms with Gasteiger partial charge in [0.05, 0.1) is 10.2 Å². The van der Waals surface area contributed by atoms with Crippen molar-refractivity contribution in [3.05, 3.63) is 122 Å². The first kappa shape index (κ1) is 28.7.